The second kappa shape index (κ2) is 5.06. The molecule has 1 fully saturated rings. The third-order valence-corrected chi connectivity index (χ3v) is 2.81. The summed E-state index contributed by atoms with van der Waals surface area (Å²) in [5.74, 6) is -0.214. The van der Waals surface area contributed by atoms with E-state index in [1.54, 1.807) is 12.1 Å². The molecule has 1 aliphatic carbocycles. The van der Waals surface area contributed by atoms with E-state index in [1.807, 2.05) is 6.07 Å². The van der Waals surface area contributed by atoms with Gasteiger partial charge in [0.2, 0.25) is 0 Å². The Morgan fingerprint density at radius 1 is 0.933 bits per heavy atom. The predicted molar refractivity (Wildman–Crippen MR) is 61.2 cm³/mol. The molecule has 0 aromatic heterocycles. The zero-order valence-electron chi connectivity index (χ0n) is 8.88. The van der Waals surface area contributed by atoms with Crippen molar-refractivity contribution in [3.63, 3.8) is 0 Å². The van der Waals surface area contributed by atoms with E-state index in [2.05, 4.69) is 4.99 Å². The average molecular weight is 205 g/mol. The second-order valence-electron chi connectivity index (χ2n) is 4.04. The molecule has 1 aromatic carbocycles. The van der Waals surface area contributed by atoms with Gasteiger partial charge in [-0.1, -0.05) is 25.0 Å². The molecule has 0 N–H and O–H groups in total. The number of rotatable bonds is 1. The molecule has 2 rings (SSSR count). The van der Waals surface area contributed by atoms with E-state index in [0.717, 1.165) is 18.6 Å². The van der Waals surface area contributed by atoms with Crippen molar-refractivity contribution in [1.29, 1.82) is 0 Å². The first kappa shape index (κ1) is 10.3. The molecule has 0 spiro atoms. The molecule has 80 valence electrons. The molecular formula is C13H16FN. The highest BCUT2D eigenvalue weighted by Crippen LogP contribution is 2.21. The van der Waals surface area contributed by atoms with Crippen molar-refractivity contribution in [3.8, 4) is 0 Å². The second-order valence-corrected chi connectivity index (χ2v) is 4.04. The van der Waals surface area contributed by atoms with Gasteiger partial charge >= 0.3 is 0 Å². The molecule has 0 unspecified atom stereocenters. The average Bonchev–Trinajstić information content (AvgIpc) is 2.50. The van der Waals surface area contributed by atoms with Crippen LogP contribution in [-0.2, 0) is 0 Å². The Balaban J connectivity index is 2.17. The lowest BCUT2D eigenvalue weighted by molar-refractivity contribution is 0.629. The Labute approximate surface area is 90.0 Å². The van der Waals surface area contributed by atoms with Gasteiger partial charge in [0.05, 0.1) is 5.69 Å². The van der Waals surface area contributed by atoms with Crippen molar-refractivity contribution in [2.45, 2.75) is 38.5 Å². The first-order chi connectivity index (χ1) is 7.36. The van der Waals surface area contributed by atoms with E-state index in [-0.39, 0.29) is 5.82 Å². The summed E-state index contributed by atoms with van der Waals surface area (Å²) in [6.07, 6.45) is 7.05. The van der Waals surface area contributed by atoms with Gasteiger partial charge in [-0.25, -0.2) is 4.39 Å². The highest BCUT2D eigenvalue weighted by atomic mass is 19.1. The molecule has 1 aromatic rings. The van der Waals surface area contributed by atoms with Crippen molar-refractivity contribution in [3.05, 3.63) is 30.1 Å². The van der Waals surface area contributed by atoms with Crippen LogP contribution in [0.15, 0.2) is 29.3 Å². The fourth-order valence-electron chi connectivity index (χ4n) is 1.96. The number of aliphatic imine (C=N–C) groups is 1. The molecule has 0 heterocycles. The van der Waals surface area contributed by atoms with Gasteiger partial charge in [0.25, 0.3) is 0 Å². The van der Waals surface area contributed by atoms with Crippen molar-refractivity contribution >= 4 is 11.4 Å². The molecule has 0 atom stereocenters. The van der Waals surface area contributed by atoms with Gasteiger partial charge in [-0.2, -0.15) is 0 Å². The largest absolute Gasteiger partial charge is 0.255 e. The summed E-state index contributed by atoms with van der Waals surface area (Å²) in [7, 11) is 0. The summed E-state index contributed by atoms with van der Waals surface area (Å²) in [6, 6.07) is 6.74. The van der Waals surface area contributed by atoms with Crippen LogP contribution in [0.2, 0.25) is 0 Å². The van der Waals surface area contributed by atoms with Gasteiger partial charge in [0, 0.05) is 5.71 Å². The minimum atomic E-state index is -0.214. The van der Waals surface area contributed by atoms with Gasteiger partial charge < -0.3 is 0 Å². The molecule has 15 heavy (non-hydrogen) atoms. The number of hydrogen-bond donors (Lipinski definition) is 0. The third-order valence-electron chi connectivity index (χ3n) is 2.81. The Morgan fingerprint density at radius 2 is 1.60 bits per heavy atom. The van der Waals surface area contributed by atoms with Gasteiger partial charge in [0.15, 0.2) is 0 Å². The monoisotopic (exact) mass is 205 g/mol. The van der Waals surface area contributed by atoms with Crippen LogP contribution in [0.25, 0.3) is 0 Å². The Morgan fingerprint density at radius 3 is 2.27 bits per heavy atom. The van der Waals surface area contributed by atoms with Crippen molar-refractivity contribution in [1.82, 2.24) is 0 Å². The highest BCUT2D eigenvalue weighted by molar-refractivity contribution is 5.87. The van der Waals surface area contributed by atoms with E-state index < -0.39 is 0 Å². The molecule has 0 amide bonds. The lowest BCUT2D eigenvalue weighted by Gasteiger charge is -2.02. The lowest BCUT2D eigenvalue weighted by Crippen LogP contribution is -1.94. The van der Waals surface area contributed by atoms with E-state index in [4.69, 9.17) is 0 Å². The Hall–Kier alpha value is -1.18. The topological polar surface area (TPSA) is 12.4 Å². The zero-order valence-corrected chi connectivity index (χ0v) is 8.88. The molecule has 1 aliphatic rings. The van der Waals surface area contributed by atoms with Crippen LogP contribution in [0.1, 0.15) is 38.5 Å². The quantitative estimate of drug-likeness (QED) is 0.608. The SMILES string of the molecule is Fc1ccccc1N=C1CCCCCC1. The van der Waals surface area contributed by atoms with Crippen LogP contribution in [0.4, 0.5) is 10.1 Å². The van der Waals surface area contributed by atoms with Crippen molar-refractivity contribution in [2.75, 3.05) is 0 Å². The van der Waals surface area contributed by atoms with E-state index in [1.165, 1.54) is 31.7 Å². The standard InChI is InChI=1S/C13H16FN/c14-12-9-5-6-10-13(12)15-11-7-3-1-2-4-8-11/h5-6,9-10H,1-4,7-8H2. The molecule has 2 heteroatoms. The van der Waals surface area contributed by atoms with Crippen LogP contribution in [0, 0.1) is 5.82 Å². The maximum Gasteiger partial charge on any atom is 0.148 e. The summed E-state index contributed by atoms with van der Waals surface area (Å²) in [4.78, 5) is 4.42. The fourth-order valence-corrected chi connectivity index (χ4v) is 1.96. The summed E-state index contributed by atoms with van der Waals surface area (Å²) in [5.41, 5.74) is 1.66. The first-order valence-electron chi connectivity index (χ1n) is 5.67. The maximum atomic E-state index is 13.3. The minimum absolute atomic E-state index is 0.214. The first-order valence-corrected chi connectivity index (χ1v) is 5.67. The molecule has 1 saturated carbocycles. The number of nitrogens with zero attached hydrogens (tertiary/aromatic N) is 1. The van der Waals surface area contributed by atoms with Crippen molar-refractivity contribution < 1.29 is 4.39 Å². The summed E-state index contributed by atoms with van der Waals surface area (Å²) >= 11 is 0. The number of benzene rings is 1. The van der Waals surface area contributed by atoms with Crippen LogP contribution in [0.3, 0.4) is 0 Å². The molecule has 0 aliphatic heterocycles. The maximum absolute atomic E-state index is 13.3. The Bertz CT molecular complexity index is 347. The van der Waals surface area contributed by atoms with Crippen LogP contribution >= 0.6 is 0 Å². The molecule has 0 saturated heterocycles. The minimum Gasteiger partial charge on any atom is -0.255 e. The smallest absolute Gasteiger partial charge is 0.148 e. The van der Waals surface area contributed by atoms with E-state index in [0.29, 0.717) is 5.69 Å². The van der Waals surface area contributed by atoms with Crippen molar-refractivity contribution in [2.24, 2.45) is 4.99 Å². The summed E-state index contributed by atoms with van der Waals surface area (Å²) in [6.45, 7) is 0. The number of halogens is 1. The summed E-state index contributed by atoms with van der Waals surface area (Å²) < 4.78 is 13.3. The molecular weight excluding hydrogens is 189 g/mol. The zero-order chi connectivity index (χ0) is 10.5. The van der Waals surface area contributed by atoms with E-state index in [9.17, 15) is 4.39 Å². The third kappa shape index (κ3) is 2.88. The predicted octanol–water partition coefficient (Wildman–Crippen LogP) is 4.25. The Kier molecular flexibility index (Phi) is 3.49. The lowest BCUT2D eigenvalue weighted by atomic mass is 10.2. The number of para-hydroxylation sites is 1. The molecule has 0 radical (unpaired) electrons. The normalized spacial score (nSPS) is 17.3. The highest BCUT2D eigenvalue weighted by Gasteiger charge is 2.06. The summed E-state index contributed by atoms with van der Waals surface area (Å²) in [5, 5.41) is 0. The number of hydrogen-bond acceptors (Lipinski definition) is 1. The van der Waals surface area contributed by atoms with Crippen LogP contribution in [0.5, 0.6) is 0 Å². The molecule has 1 nitrogen and oxygen atoms in total. The van der Waals surface area contributed by atoms with Gasteiger partial charge in [-0.05, 0) is 37.8 Å². The molecule has 0 bridgehead atoms. The fraction of sp³-hybridized carbons (Fsp3) is 0.462. The van der Waals surface area contributed by atoms with Crippen LogP contribution < -0.4 is 0 Å². The van der Waals surface area contributed by atoms with Gasteiger partial charge in [-0.15, -0.1) is 0 Å². The van der Waals surface area contributed by atoms with Gasteiger partial charge in [-0.3, -0.25) is 4.99 Å². The van der Waals surface area contributed by atoms with Gasteiger partial charge in [0.1, 0.15) is 5.82 Å². The van der Waals surface area contributed by atoms with Crippen LogP contribution in [-0.4, -0.2) is 5.71 Å². The van der Waals surface area contributed by atoms with E-state index >= 15 is 0 Å².